The van der Waals surface area contributed by atoms with Crippen molar-refractivity contribution >= 4 is 28.7 Å². The van der Waals surface area contributed by atoms with E-state index in [0.717, 1.165) is 40.6 Å². The molecule has 0 saturated carbocycles. The summed E-state index contributed by atoms with van der Waals surface area (Å²) < 4.78 is 14.6. The number of hydrogen-bond acceptors (Lipinski definition) is 5. The molecule has 0 spiro atoms. The smallest absolute Gasteiger partial charge is 0.321 e. The lowest BCUT2D eigenvalue weighted by molar-refractivity contribution is 0.222. The van der Waals surface area contributed by atoms with E-state index in [-0.39, 0.29) is 11.7 Å². The molecule has 1 fully saturated rings. The van der Waals surface area contributed by atoms with E-state index in [1.807, 2.05) is 19.9 Å². The molecule has 2 aromatic heterocycles. The number of carbonyl (C=O) groups excluding carboxylic acids is 1. The minimum absolute atomic E-state index is 0.170. The fraction of sp³-hybridized carbons (Fsp3) is 0.333. The van der Waals surface area contributed by atoms with Crippen LogP contribution < -0.4 is 10.6 Å². The van der Waals surface area contributed by atoms with Gasteiger partial charge in [-0.25, -0.2) is 19.2 Å². The van der Waals surface area contributed by atoms with Gasteiger partial charge < -0.3 is 15.5 Å². The molecule has 150 valence electrons. The molecular weight excluding hydrogens is 371 g/mol. The summed E-state index contributed by atoms with van der Waals surface area (Å²) in [5.74, 6) is 0.0502. The van der Waals surface area contributed by atoms with Crippen molar-refractivity contribution < 1.29 is 9.18 Å². The molecule has 0 bridgehead atoms. The second kappa shape index (κ2) is 7.62. The van der Waals surface area contributed by atoms with Gasteiger partial charge in [0.2, 0.25) is 5.95 Å². The van der Waals surface area contributed by atoms with Crippen LogP contribution in [0.25, 0.3) is 22.2 Å². The summed E-state index contributed by atoms with van der Waals surface area (Å²) in [6, 6.07) is 4.80. The van der Waals surface area contributed by atoms with Crippen LogP contribution in [-0.4, -0.2) is 46.0 Å². The molecule has 4 rings (SSSR count). The molecule has 2 N–H and O–H groups in total. The number of hydrogen-bond donors (Lipinski definition) is 2. The molecule has 0 unspecified atom stereocenters. The highest BCUT2D eigenvalue weighted by atomic mass is 19.1. The molecule has 0 radical (unpaired) electrons. The van der Waals surface area contributed by atoms with E-state index in [2.05, 4.69) is 25.6 Å². The highest BCUT2D eigenvalue weighted by molar-refractivity contribution is 5.91. The van der Waals surface area contributed by atoms with Gasteiger partial charge in [-0.2, -0.15) is 4.98 Å². The number of likely N-dealkylation sites (tertiary alicyclic amines) is 1. The summed E-state index contributed by atoms with van der Waals surface area (Å²) >= 11 is 0. The first-order valence-electron chi connectivity index (χ1n) is 9.65. The molecular formula is C21H23FN6O. The van der Waals surface area contributed by atoms with E-state index in [4.69, 9.17) is 0 Å². The molecule has 3 aromatic rings. The summed E-state index contributed by atoms with van der Waals surface area (Å²) in [5.41, 5.74) is 3.96. The fourth-order valence-corrected chi connectivity index (χ4v) is 3.62. The molecule has 1 saturated heterocycles. The van der Waals surface area contributed by atoms with Gasteiger partial charge in [-0.15, -0.1) is 0 Å². The molecule has 1 aliphatic rings. The number of anilines is 2. The van der Waals surface area contributed by atoms with Crippen molar-refractivity contribution in [3.8, 4) is 11.1 Å². The van der Waals surface area contributed by atoms with Crippen molar-refractivity contribution in [3.63, 3.8) is 0 Å². The first kappa shape index (κ1) is 19.0. The number of aromatic nitrogens is 3. The largest absolute Gasteiger partial charge is 0.357 e. The zero-order valence-corrected chi connectivity index (χ0v) is 16.7. The Kier molecular flexibility index (Phi) is 5.00. The highest BCUT2D eigenvalue weighted by Crippen LogP contribution is 2.32. The maximum absolute atomic E-state index is 14.6. The van der Waals surface area contributed by atoms with E-state index in [9.17, 15) is 9.18 Å². The maximum Gasteiger partial charge on any atom is 0.321 e. The number of amides is 2. The predicted octanol–water partition coefficient (Wildman–Crippen LogP) is 4.12. The third-order valence-corrected chi connectivity index (χ3v) is 5.22. The number of rotatable bonds is 3. The van der Waals surface area contributed by atoms with Gasteiger partial charge in [-0.05, 0) is 56.0 Å². The van der Waals surface area contributed by atoms with Gasteiger partial charge in [0.25, 0.3) is 0 Å². The Morgan fingerprint density at radius 2 is 1.86 bits per heavy atom. The van der Waals surface area contributed by atoms with Crippen LogP contribution in [0, 0.1) is 19.7 Å². The van der Waals surface area contributed by atoms with Crippen LogP contribution in [0.5, 0.6) is 0 Å². The number of aryl methyl sites for hydroxylation is 2. The maximum atomic E-state index is 14.6. The summed E-state index contributed by atoms with van der Waals surface area (Å²) in [7, 11) is 1.75. The van der Waals surface area contributed by atoms with E-state index in [1.54, 1.807) is 24.2 Å². The van der Waals surface area contributed by atoms with Gasteiger partial charge in [-0.1, -0.05) is 0 Å². The number of urea groups is 1. The zero-order chi connectivity index (χ0) is 20.5. The molecule has 3 heterocycles. The first-order valence-corrected chi connectivity index (χ1v) is 9.65. The Bertz CT molecular complexity index is 1090. The average molecular weight is 394 g/mol. The number of halogens is 1. The van der Waals surface area contributed by atoms with E-state index < -0.39 is 5.82 Å². The van der Waals surface area contributed by atoms with Crippen molar-refractivity contribution in [2.24, 2.45) is 0 Å². The quantitative estimate of drug-likeness (QED) is 0.698. The van der Waals surface area contributed by atoms with E-state index >= 15 is 0 Å². The second-order valence-electron chi connectivity index (χ2n) is 7.25. The average Bonchev–Trinajstić information content (AvgIpc) is 3.24. The topological polar surface area (TPSA) is 83.0 Å². The van der Waals surface area contributed by atoms with Gasteiger partial charge in [0.05, 0.1) is 5.69 Å². The number of carbonyl (C=O) groups is 1. The number of fused-ring (bicyclic) bond motifs is 1. The zero-order valence-electron chi connectivity index (χ0n) is 16.7. The minimum Gasteiger partial charge on any atom is -0.357 e. The van der Waals surface area contributed by atoms with Gasteiger partial charge in [-0.3, -0.25) is 0 Å². The van der Waals surface area contributed by atoms with Crippen LogP contribution in [0.4, 0.5) is 20.8 Å². The van der Waals surface area contributed by atoms with Crippen LogP contribution in [0.3, 0.4) is 0 Å². The number of benzene rings is 1. The molecule has 1 aromatic carbocycles. The first-order chi connectivity index (χ1) is 14.0. The summed E-state index contributed by atoms with van der Waals surface area (Å²) in [4.78, 5) is 27.3. The lowest BCUT2D eigenvalue weighted by Crippen LogP contribution is -2.32. The van der Waals surface area contributed by atoms with E-state index in [0.29, 0.717) is 24.7 Å². The SMILES string of the molecule is CNc1ncc2cc(-c3cc(NC(=O)N4CCCC4)c(F)cc3C)c(C)nc2n1. The Morgan fingerprint density at radius 1 is 1.10 bits per heavy atom. The Morgan fingerprint density at radius 3 is 2.59 bits per heavy atom. The van der Waals surface area contributed by atoms with Crippen molar-refractivity contribution in [1.29, 1.82) is 0 Å². The standard InChI is InChI=1S/C21H23FN6O/c1-12-8-17(22)18(26-21(29)28-6-4-5-7-28)10-15(12)16-9-14-11-24-20(23-3)27-19(14)25-13(16)2/h8-11H,4-7H2,1-3H3,(H,26,29)(H,23,24,25,27). The summed E-state index contributed by atoms with van der Waals surface area (Å²) in [6.45, 7) is 5.14. The fourth-order valence-electron chi connectivity index (χ4n) is 3.62. The Labute approximate surface area is 168 Å². The van der Waals surface area contributed by atoms with Crippen molar-refractivity contribution in [3.05, 3.63) is 41.5 Å². The molecule has 1 aliphatic heterocycles. The number of pyridine rings is 1. The van der Waals surface area contributed by atoms with Crippen LogP contribution in [0.2, 0.25) is 0 Å². The molecule has 8 heteroatoms. The number of nitrogens with zero attached hydrogens (tertiary/aromatic N) is 4. The van der Waals surface area contributed by atoms with Crippen LogP contribution in [-0.2, 0) is 0 Å². The Hall–Kier alpha value is -3.29. The normalized spacial score (nSPS) is 13.7. The minimum atomic E-state index is -0.452. The van der Waals surface area contributed by atoms with Gasteiger partial charge >= 0.3 is 6.03 Å². The second-order valence-corrected chi connectivity index (χ2v) is 7.25. The van der Waals surface area contributed by atoms with Gasteiger partial charge in [0.15, 0.2) is 5.65 Å². The Balaban J connectivity index is 1.74. The molecule has 7 nitrogen and oxygen atoms in total. The number of nitrogens with one attached hydrogen (secondary N) is 2. The van der Waals surface area contributed by atoms with Crippen LogP contribution >= 0.6 is 0 Å². The third-order valence-electron chi connectivity index (χ3n) is 5.22. The predicted molar refractivity (Wildman–Crippen MR) is 112 cm³/mol. The van der Waals surface area contributed by atoms with Crippen molar-refractivity contribution in [1.82, 2.24) is 19.9 Å². The van der Waals surface area contributed by atoms with Crippen molar-refractivity contribution in [2.75, 3.05) is 30.8 Å². The monoisotopic (exact) mass is 394 g/mol. The summed E-state index contributed by atoms with van der Waals surface area (Å²) in [5, 5.41) is 6.41. The molecule has 0 atom stereocenters. The van der Waals surface area contributed by atoms with Crippen LogP contribution in [0.15, 0.2) is 24.4 Å². The molecule has 0 aliphatic carbocycles. The lowest BCUT2D eigenvalue weighted by Gasteiger charge is -2.18. The summed E-state index contributed by atoms with van der Waals surface area (Å²) in [6.07, 6.45) is 3.67. The van der Waals surface area contributed by atoms with Gasteiger partial charge in [0.1, 0.15) is 5.82 Å². The van der Waals surface area contributed by atoms with Gasteiger partial charge in [0, 0.05) is 43.0 Å². The van der Waals surface area contributed by atoms with Crippen molar-refractivity contribution in [2.45, 2.75) is 26.7 Å². The molecule has 29 heavy (non-hydrogen) atoms. The third kappa shape index (κ3) is 3.70. The lowest BCUT2D eigenvalue weighted by atomic mass is 9.97. The highest BCUT2D eigenvalue weighted by Gasteiger charge is 2.20. The van der Waals surface area contributed by atoms with E-state index in [1.165, 1.54) is 6.07 Å². The van der Waals surface area contributed by atoms with Crippen LogP contribution in [0.1, 0.15) is 24.1 Å². The molecule has 2 amide bonds.